The lowest BCUT2D eigenvalue weighted by Gasteiger charge is -2.17. The van der Waals surface area contributed by atoms with Crippen LogP contribution in [0.3, 0.4) is 0 Å². The number of alkyl halides is 6. The normalized spacial score (nSPS) is 13.6. The van der Waals surface area contributed by atoms with Gasteiger partial charge in [0.15, 0.2) is 0 Å². The number of nitrogens with zero attached hydrogens (tertiary/aromatic N) is 5. The third-order valence-corrected chi connectivity index (χ3v) is 6.77. The van der Waals surface area contributed by atoms with Crippen molar-refractivity contribution in [2.45, 2.75) is 30.2 Å². The maximum Gasteiger partial charge on any atom is 0.417 e. The van der Waals surface area contributed by atoms with E-state index in [2.05, 4.69) is 19.9 Å². The van der Waals surface area contributed by atoms with Gasteiger partial charge in [-0.3, -0.25) is 14.3 Å². The molecule has 1 atom stereocenters. The Kier molecular flexibility index (Phi) is 6.60. The second kappa shape index (κ2) is 9.32. The largest absolute Gasteiger partial charge is 0.417 e. The van der Waals surface area contributed by atoms with Gasteiger partial charge < -0.3 is 5.73 Å². The topological polar surface area (TPSA) is 146 Å². The summed E-state index contributed by atoms with van der Waals surface area (Å²) >= 11 is 0. The molecule has 38 heavy (non-hydrogen) atoms. The number of amides is 1. The standard InChI is InChI=1S/C21H15F6N7O3S/c1-10(20(22,23)24)33-38(36,37)12-3-4-14(31-9-12)16-15(17(28)35)13-7-11(21(25,26)27)8-32-18(13)34(16)19-29-5-2-6-30-19/h2-10,33H,1H3,(H2,28,35)/t10-/m1/s1. The molecule has 200 valence electrons. The summed E-state index contributed by atoms with van der Waals surface area (Å²) in [4.78, 5) is 27.7. The quantitative estimate of drug-likeness (QED) is 0.345. The van der Waals surface area contributed by atoms with Crippen molar-refractivity contribution in [2.75, 3.05) is 0 Å². The summed E-state index contributed by atoms with van der Waals surface area (Å²) in [7, 11) is -4.67. The van der Waals surface area contributed by atoms with Gasteiger partial charge in [-0.1, -0.05) is 0 Å². The third kappa shape index (κ3) is 5.01. The molecule has 4 aromatic heterocycles. The van der Waals surface area contributed by atoms with Crippen molar-refractivity contribution in [3.8, 4) is 17.3 Å². The maximum absolute atomic E-state index is 13.4. The van der Waals surface area contributed by atoms with Crippen molar-refractivity contribution in [1.29, 1.82) is 0 Å². The molecule has 4 heterocycles. The van der Waals surface area contributed by atoms with Gasteiger partial charge in [0, 0.05) is 30.2 Å². The van der Waals surface area contributed by atoms with Crippen LogP contribution in [-0.4, -0.2) is 51.0 Å². The van der Waals surface area contributed by atoms with Crippen LogP contribution in [0, 0.1) is 0 Å². The fourth-order valence-electron chi connectivity index (χ4n) is 3.46. The summed E-state index contributed by atoms with van der Waals surface area (Å²) in [5.41, 5.74) is 3.31. The van der Waals surface area contributed by atoms with E-state index >= 15 is 0 Å². The van der Waals surface area contributed by atoms with Crippen LogP contribution in [0.1, 0.15) is 22.8 Å². The SMILES string of the molecule is C[C@@H](NS(=O)(=O)c1ccc(-c2c(C(N)=O)c3cc(C(F)(F)F)cnc3n2-c2ncccn2)nc1)C(F)(F)F. The van der Waals surface area contributed by atoms with E-state index in [9.17, 15) is 39.6 Å². The number of fused-ring (bicyclic) bond motifs is 1. The maximum atomic E-state index is 13.4. The summed E-state index contributed by atoms with van der Waals surface area (Å²) < 4.78 is 106. The molecule has 0 spiro atoms. The van der Waals surface area contributed by atoms with E-state index in [0.29, 0.717) is 25.4 Å². The number of nitrogens with two attached hydrogens (primary N) is 1. The highest BCUT2D eigenvalue weighted by atomic mass is 32.2. The number of sulfonamides is 1. The van der Waals surface area contributed by atoms with E-state index in [1.54, 1.807) is 0 Å². The molecule has 0 saturated carbocycles. The zero-order valence-corrected chi connectivity index (χ0v) is 19.7. The van der Waals surface area contributed by atoms with Gasteiger partial charge in [0.1, 0.15) is 16.6 Å². The molecule has 4 rings (SSSR count). The van der Waals surface area contributed by atoms with Crippen LogP contribution in [0.15, 0.2) is 53.9 Å². The molecule has 4 aromatic rings. The number of hydrogen-bond donors (Lipinski definition) is 2. The molecule has 0 unspecified atom stereocenters. The van der Waals surface area contributed by atoms with Gasteiger partial charge in [0.05, 0.1) is 22.5 Å². The van der Waals surface area contributed by atoms with E-state index in [1.807, 2.05) is 0 Å². The van der Waals surface area contributed by atoms with Crippen LogP contribution in [-0.2, 0) is 16.2 Å². The van der Waals surface area contributed by atoms with Crippen molar-refractivity contribution in [1.82, 2.24) is 29.2 Å². The number of carbonyl (C=O) groups excluding carboxylic acids is 1. The molecule has 0 fully saturated rings. The number of aromatic nitrogens is 5. The molecule has 0 aliphatic carbocycles. The van der Waals surface area contributed by atoms with Gasteiger partial charge in [-0.05, 0) is 31.2 Å². The molecule has 3 N–H and O–H groups in total. The molecule has 0 saturated heterocycles. The highest BCUT2D eigenvalue weighted by Gasteiger charge is 2.39. The molecule has 0 bridgehead atoms. The Morgan fingerprint density at radius 2 is 1.68 bits per heavy atom. The van der Waals surface area contributed by atoms with Gasteiger partial charge in [0.2, 0.25) is 16.0 Å². The molecule has 17 heteroatoms. The van der Waals surface area contributed by atoms with E-state index in [-0.39, 0.29) is 28.4 Å². The average Bonchev–Trinajstić information content (AvgIpc) is 3.18. The molecule has 0 aromatic carbocycles. The Balaban J connectivity index is 1.94. The number of rotatable bonds is 6. The number of halogens is 6. The number of carbonyl (C=O) groups is 1. The second-order valence-corrected chi connectivity index (χ2v) is 9.54. The summed E-state index contributed by atoms with van der Waals surface area (Å²) in [5.74, 6) is -1.30. The lowest BCUT2D eigenvalue weighted by Crippen LogP contribution is -2.42. The van der Waals surface area contributed by atoms with E-state index in [1.165, 1.54) is 23.2 Å². The number of hydrogen-bond acceptors (Lipinski definition) is 7. The first-order valence-corrected chi connectivity index (χ1v) is 11.8. The minimum absolute atomic E-state index is 0.133. The number of primary amides is 1. The highest BCUT2D eigenvalue weighted by molar-refractivity contribution is 7.89. The monoisotopic (exact) mass is 559 g/mol. The zero-order valence-electron chi connectivity index (χ0n) is 18.9. The predicted molar refractivity (Wildman–Crippen MR) is 119 cm³/mol. The summed E-state index contributed by atoms with van der Waals surface area (Å²) in [5, 5.41) is -0.311. The van der Waals surface area contributed by atoms with Crippen LogP contribution in [0.4, 0.5) is 26.3 Å². The van der Waals surface area contributed by atoms with Crippen LogP contribution in [0.25, 0.3) is 28.4 Å². The molecule has 0 aliphatic rings. The predicted octanol–water partition coefficient (Wildman–Crippen LogP) is 3.22. The smallest absolute Gasteiger partial charge is 0.366 e. The summed E-state index contributed by atoms with van der Waals surface area (Å²) in [6.45, 7) is 0.610. The van der Waals surface area contributed by atoms with Crippen molar-refractivity contribution in [2.24, 2.45) is 5.73 Å². The molecule has 0 aliphatic heterocycles. The lowest BCUT2D eigenvalue weighted by atomic mass is 10.1. The van der Waals surface area contributed by atoms with E-state index in [4.69, 9.17) is 5.73 Å². The van der Waals surface area contributed by atoms with Crippen molar-refractivity contribution < 1.29 is 39.6 Å². The van der Waals surface area contributed by atoms with Gasteiger partial charge in [0.25, 0.3) is 5.91 Å². The summed E-state index contributed by atoms with van der Waals surface area (Å²) in [6.07, 6.45) is -5.79. The fraction of sp³-hybridized carbons (Fsp3) is 0.190. The van der Waals surface area contributed by atoms with Crippen LogP contribution in [0.2, 0.25) is 0 Å². The first kappa shape index (κ1) is 26.9. The number of nitrogens with one attached hydrogen (secondary N) is 1. The van der Waals surface area contributed by atoms with Crippen molar-refractivity contribution in [3.05, 3.63) is 60.2 Å². The molecule has 10 nitrogen and oxygen atoms in total. The molecule has 1 amide bonds. The zero-order chi connectivity index (χ0) is 28.0. The van der Waals surface area contributed by atoms with Crippen molar-refractivity contribution >= 4 is 27.0 Å². The number of pyridine rings is 2. The minimum Gasteiger partial charge on any atom is -0.366 e. The van der Waals surface area contributed by atoms with Gasteiger partial charge in [-0.15, -0.1) is 0 Å². The second-order valence-electron chi connectivity index (χ2n) is 7.83. The third-order valence-electron chi connectivity index (χ3n) is 5.25. The minimum atomic E-state index is -4.85. The first-order valence-electron chi connectivity index (χ1n) is 10.4. The highest BCUT2D eigenvalue weighted by Crippen LogP contribution is 2.37. The van der Waals surface area contributed by atoms with E-state index < -0.39 is 50.3 Å². The lowest BCUT2D eigenvalue weighted by molar-refractivity contribution is -0.147. The molecular weight excluding hydrogens is 544 g/mol. The van der Waals surface area contributed by atoms with Gasteiger partial charge >= 0.3 is 12.4 Å². The fourth-order valence-corrected chi connectivity index (χ4v) is 4.63. The Bertz CT molecular complexity index is 1620. The Labute approximate surface area is 209 Å². The summed E-state index contributed by atoms with van der Waals surface area (Å²) in [6, 6.07) is 1.65. The Morgan fingerprint density at radius 3 is 2.21 bits per heavy atom. The van der Waals surface area contributed by atoms with Crippen molar-refractivity contribution in [3.63, 3.8) is 0 Å². The first-order chi connectivity index (χ1) is 17.6. The van der Waals surface area contributed by atoms with Crippen LogP contribution >= 0.6 is 0 Å². The van der Waals surface area contributed by atoms with Crippen LogP contribution in [0.5, 0.6) is 0 Å². The molecular formula is C21H15F6N7O3S. The van der Waals surface area contributed by atoms with Gasteiger partial charge in [-0.2, -0.15) is 31.1 Å². The van der Waals surface area contributed by atoms with Gasteiger partial charge in [-0.25, -0.2) is 23.4 Å². The van der Waals surface area contributed by atoms with Crippen LogP contribution < -0.4 is 10.5 Å². The Morgan fingerprint density at radius 1 is 1.03 bits per heavy atom. The average molecular weight is 559 g/mol. The van der Waals surface area contributed by atoms with E-state index in [0.717, 1.165) is 16.7 Å². The Hall–Kier alpha value is -4.12. The molecule has 0 radical (unpaired) electrons.